The average molecular weight is 368 g/mol. The number of aliphatic imine (C=N–C) groups is 1. The van der Waals surface area contributed by atoms with E-state index >= 15 is 0 Å². The molecule has 2 aliphatic heterocycles. The molecule has 0 fully saturated rings. The zero-order chi connectivity index (χ0) is 18.1. The molecule has 0 saturated heterocycles. The van der Waals surface area contributed by atoms with E-state index in [2.05, 4.69) is 15.6 Å². The Morgan fingerprint density at radius 3 is 2.96 bits per heavy atom. The van der Waals surface area contributed by atoms with Crippen molar-refractivity contribution in [2.45, 2.75) is 25.4 Å². The minimum Gasteiger partial charge on any atom is -0.467 e. The number of hydrogen-bond donors (Lipinski definition) is 2. The van der Waals surface area contributed by atoms with Crippen molar-refractivity contribution in [2.24, 2.45) is 4.99 Å². The zero-order valence-corrected chi connectivity index (χ0v) is 14.6. The number of thiocarbonyl (C=S) groups is 1. The van der Waals surface area contributed by atoms with Gasteiger partial charge in [-0.25, -0.2) is 4.90 Å². The molecule has 0 spiro atoms. The summed E-state index contributed by atoms with van der Waals surface area (Å²) in [5.74, 6) is 0.877. The SMILES string of the molecule is O=C(CCC1N=C2c3ccccc3NC(=S)N2C1=O)NCc1ccco1. The predicted molar refractivity (Wildman–Crippen MR) is 99.6 cm³/mol. The molecular weight excluding hydrogens is 352 g/mol. The molecule has 0 saturated carbocycles. The minimum atomic E-state index is -0.606. The fourth-order valence-corrected chi connectivity index (χ4v) is 3.29. The second-order valence-corrected chi connectivity index (χ2v) is 6.40. The number of benzene rings is 1. The van der Waals surface area contributed by atoms with Gasteiger partial charge in [-0.1, -0.05) is 12.1 Å². The maximum absolute atomic E-state index is 12.7. The van der Waals surface area contributed by atoms with E-state index in [9.17, 15) is 9.59 Å². The van der Waals surface area contributed by atoms with E-state index in [0.717, 1.165) is 11.3 Å². The first-order valence-electron chi connectivity index (χ1n) is 8.25. The number of fused-ring (bicyclic) bond motifs is 3. The van der Waals surface area contributed by atoms with Crippen molar-refractivity contribution in [1.82, 2.24) is 10.2 Å². The van der Waals surface area contributed by atoms with Gasteiger partial charge in [0.05, 0.1) is 18.5 Å². The van der Waals surface area contributed by atoms with Gasteiger partial charge >= 0.3 is 0 Å². The van der Waals surface area contributed by atoms with Crippen LogP contribution in [0.2, 0.25) is 0 Å². The first-order chi connectivity index (χ1) is 12.6. The van der Waals surface area contributed by atoms with Gasteiger partial charge < -0.3 is 15.1 Å². The Bertz CT molecular complexity index is 907. The quantitative estimate of drug-likeness (QED) is 0.789. The zero-order valence-electron chi connectivity index (χ0n) is 13.8. The normalized spacial score (nSPS) is 18.1. The molecule has 3 heterocycles. The first kappa shape index (κ1) is 16.5. The second-order valence-electron chi connectivity index (χ2n) is 6.01. The van der Waals surface area contributed by atoms with Gasteiger partial charge in [0.25, 0.3) is 5.91 Å². The van der Waals surface area contributed by atoms with Crippen LogP contribution in [0.15, 0.2) is 52.1 Å². The van der Waals surface area contributed by atoms with Crippen LogP contribution < -0.4 is 10.6 Å². The van der Waals surface area contributed by atoms with Crippen LogP contribution in [0.3, 0.4) is 0 Å². The molecule has 2 aromatic rings. The number of nitrogens with one attached hydrogen (secondary N) is 2. The van der Waals surface area contributed by atoms with Crippen LogP contribution in [0.1, 0.15) is 24.2 Å². The van der Waals surface area contributed by atoms with Gasteiger partial charge in [-0.05, 0) is 42.9 Å². The molecule has 132 valence electrons. The third kappa shape index (κ3) is 2.99. The number of anilines is 1. The number of amidine groups is 1. The number of amides is 2. The molecule has 26 heavy (non-hydrogen) atoms. The molecule has 1 aromatic heterocycles. The van der Waals surface area contributed by atoms with Crippen molar-refractivity contribution in [1.29, 1.82) is 0 Å². The standard InChI is InChI=1S/C18H16N4O3S/c23-15(19-10-11-4-3-9-25-11)8-7-14-17(24)22-16(20-14)12-5-1-2-6-13(12)21-18(22)26/h1-6,9,14H,7-8,10H2,(H,19,23)(H,21,26). The molecule has 2 amide bonds. The van der Waals surface area contributed by atoms with Crippen LogP contribution in [0, 0.1) is 0 Å². The lowest BCUT2D eigenvalue weighted by Crippen LogP contribution is -2.46. The summed E-state index contributed by atoms with van der Waals surface area (Å²) in [4.78, 5) is 30.6. The maximum atomic E-state index is 12.7. The number of rotatable bonds is 5. The summed E-state index contributed by atoms with van der Waals surface area (Å²) >= 11 is 5.30. The summed E-state index contributed by atoms with van der Waals surface area (Å²) in [6.07, 6.45) is 2.08. The lowest BCUT2D eigenvalue weighted by atomic mass is 10.1. The Morgan fingerprint density at radius 2 is 2.15 bits per heavy atom. The van der Waals surface area contributed by atoms with E-state index in [1.54, 1.807) is 18.4 Å². The Balaban J connectivity index is 1.42. The highest BCUT2D eigenvalue weighted by molar-refractivity contribution is 7.80. The van der Waals surface area contributed by atoms with E-state index in [1.807, 2.05) is 24.3 Å². The third-order valence-corrected chi connectivity index (χ3v) is 4.58. The van der Waals surface area contributed by atoms with Gasteiger partial charge in [0.1, 0.15) is 17.6 Å². The van der Waals surface area contributed by atoms with E-state index in [-0.39, 0.29) is 18.2 Å². The Hall–Kier alpha value is -3.00. The summed E-state index contributed by atoms with van der Waals surface area (Å²) in [6, 6.07) is 10.5. The lowest BCUT2D eigenvalue weighted by molar-refractivity contribution is -0.125. The van der Waals surface area contributed by atoms with Gasteiger partial charge in [0.2, 0.25) is 5.91 Å². The highest BCUT2D eigenvalue weighted by atomic mass is 32.1. The molecular formula is C18H16N4O3S. The van der Waals surface area contributed by atoms with Gasteiger partial charge in [-0.2, -0.15) is 0 Å². The van der Waals surface area contributed by atoms with Crippen LogP contribution in [-0.4, -0.2) is 33.7 Å². The summed E-state index contributed by atoms with van der Waals surface area (Å²) < 4.78 is 5.17. The van der Waals surface area contributed by atoms with Crippen molar-refractivity contribution >= 4 is 40.7 Å². The largest absolute Gasteiger partial charge is 0.467 e. The van der Waals surface area contributed by atoms with Crippen molar-refractivity contribution in [3.8, 4) is 0 Å². The summed E-state index contributed by atoms with van der Waals surface area (Å²) in [5.41, 5.74) is 1.66. The number of carbonyl (C=O) groups is 2. The van der Waals surface area contributed by atoms with Crippen molar-refractivity contribution in [2.75, 3.05) is 5.32 Å². The summed E-state index contributed by atoms with van der Waals surface area (Å²) in [7, 11) is 0. The molecule has 0 bridgehead atoms. The topological polar surface area (TPSA) is 86.9 Å². The molecule has 1 unspecified atom stereocenters. The van der Waals surface area contributed by atoms with Crippen LogP contribution in [0.5, 0.6) is 0 Å². The highest BCUT2D eigenvalue weighted by Gasteiger charge is 2.40. The third-order valence-electron chi connectivity index (χ3n) is 4.29. The van der Waals surface area contributed by atoms with E-state index in [4.69, 9.17) is 16.6 Å². The van der Waals surface area contributed by atoms with Gasteiger partial charge in [-0.15, -0.1) is 0 Å². The lowest BCUT2D eigenvalue weighted by Gasteiger charge is -2.27. The Kier molecular flexibility index (Phi) is 4.26. The molecule has 7 nitrogen and oxygen atoms in total. The van der Waals surface area contributed by atoms with Gasteiger partial charge in [-0.3, -0.25) is 14.6 Å². The van der Waals surface area contributed by atoms with E-state index in [0.29, 0.717) is 29.7 Å². The molecule has 0 radical (unpaired) electrons. The van der Waals surface area contributed by atoms with Crippen molar-refractivity contribution in [3.63, 3.8) is 0 Å². The van der Waals surface area contributed by atoms with Crippen molar-refractivity contribution in [3.05, 3.63) is 54.0 Å². The number of furan rings is 1. The molecule has 8 heteroatoms. The van der Waals surface area contributed by atoms with Crippen LogP contribution in [0.25, 0.3) is 0 Å². The average Bonchev–Trinajstić information content (AvgIpc) is 3.27. The highest BCUT2D eigenvalue weighted by Crippen LogP contribution is 2.29. The smallest absolute Gasteiger partial charge is 0.259 e. The number of hydrogen-bond acceptors (Lipinski definition) is 5. The molecule has 2 N–H and O–H groups in total. The monoisotopic (exact) mass is 368 g/mol. The number of para-hydroxylation sites is 1. The van der Waals surface area contributed by atoms with E-state index in [1.165, 1.54) is 4.90 Å². The number of carbonyl (C=O) groups excluding carboxylic acids is 2. The van der Waals surface area contributed by atoms with Crippen molar-refractivity contribution < 1.29 is 14.0 Å². The minimum absolute atomic E-state index is 0.152. The Labute approximate surface area is 155 Å². The van der Waals surface area contributed by atoms with Crippen LogP contribution in [-0.2, 0) is 16.1 Å². The Morgan fingerprint density at radius 1 is 1.31 bits per heavy atom. The molecule has 1 aromatic carbocycles. The molecule has 0 aliphatic carbocycles. The molecule has 1 atom stereocenters. The van der Waals surface area contributed by atoms with Crippen LogP contribution >= 0.6 is 12.2 Å². The summed E-state index contributed by atoms with van der Waals surface area (Å²) in [5, 5.41) is 6.13. The molecule has 4 rings (SSSR count). The van der Waals surface area contributed by atoms with Gasteiger partial charge in [0.15, 0.2) is 5.11 Å². The molecule has 2 aliphatic rings. The predicted octanol–water partition coefficient (Wildman–Crippen LogP) is 2.04. The van der Waals surface area contributed by atoms with Crippen LogP contribution in [0.4, 0.5) is 5.69 Å². The van der Waals surface area contributed by atoms with Gasteiger partial charge in [0, 0.05) is 12.0 Å². The summed E-state index contributed by atoms with van der Waals surface area (Å²) in [6.45, 7) is 0.326. The fraction of sp³-hybridized carbons (Fsp3) is 0.222. The van der Waals surface area contributed by atoms with E-state index < -0.39 is 6.04 Å². The fourth-order valence-electron chi connectivity index (χ4n) is 3.00. The maximum Gasteiger partial charge on any atom is 0.259 e. The second kappa shape index (κ2) is 6.72. The first-order valence-corrected chi connectivity index (χ1v) is 8.65. The number of nitrogens with zero attached hydrogens (tertiary/aromatic N) is 2.